The van der Waals surface area contributed by atoms with E-state index in [1.165, 1.54) is 25.3 Å². The molecule has 0 aliphatic heterocycles. The Kier molecular flexibility index (Phi) is 9.95. The van der Waals surface area contributed by atoms with Crippen molar-refractivity contribution >= 4 is 11.8 Å². The van der Waals surface area contributed by atoms with Crippen molar-refractivity contribution in [2.45, 2.75) is 76.7 Å². The molecule has 1 aromatic carbocycles. The molecule has 0 atom stereocenters. The number of hydrogen-bond acceptors (Lipinski definition) is 3. The number of carbonyl (C=O) groups is 2. The lowest BCUT2D eigenvalue weighted by Gasteiger charge is -2.32. The van der Waals surface area contributed by atoms with E-state index in [0.29, 0.717) is 25.0 Å². The van der Waals surface area contributed by atoms with Crippen LogP contribution in [0.25, 0.3) is 0 Å². The summed E-state index contributed by atoms with van der Waals surface area (Å²) in [7, 11) is 1.90. The number of amides is 2. The molecule has 3 rings (SSSR count). The van der Waals surface area contributed by atoms with Gasteiger partial charge in [-0.2, -0.15) is 13.2 Å². The Hall–Kier alpha value is -2.16. The first kappa shape index (κ1) is 27.4. The molecule has 2 N–H and O–H groups in total. The fraction of sp³-hybridized carbons (Fsp3) is 0.692. The third-order valence-corrected chi connectivity index (χ3v) is 7.48. The molecule has 2 aliphatic rings. The molecular formula is C26H37F4N3O2. The topological polar surface area (TPSA) is 61.4 Å². The fourth-order valence-electron chi connectivity index (χ4n) is 5.22. The molecule has 0 heterocycles. The molecule has 196 valence electrons. The van der Waals surface area contributed by atoms with Gasteiger partial charge < -0.3 is 15.5 Å². The van der Waals surface area contributed by atoms with Crippen molar-refractivity contribution < 1.29 is 27.2 Å². The van der Waals surface area contributed by atoms with Crippen LogP contribution in [0.3, 0.4) is 0 Å². The van der Waals surface area contributed by atoms with Gasteiger partial charge in [-0.3, -0.25) is 9.59 Å². The quantitative estimate of drug-likeness (QED) is 0.465. The van der Waals surface area contributed by atoms with E-state index in [0.717, 1.165) is 57.2 Å². The summed E-state index contributed by atoms with van der Waals surface area (Å²) in [6.07, 6.45) is 4.93. The molecule has 0 bridgehead atoms. The lowest BCUT2D eigenvalue weighted by atomic mass is 9.82. The molecule has 2 saturated carbocycles. The lowest BCUT2D eigenvalue weighted by Crippen LogP contribution is -2.43. The van der Waals surface area contributed by atoms with Crippen LogP contribution in [0.2, 0.25) is 0 Å². The van der Waals surface area contributed by atoms with E-state index in [1.54, 1.807) is 0 Å². The van der Waals surface area contributed by atoms with Crippen LogP contribution < -0.4 is 10.6 Å². The van der Waals surface area contributed by atoms with Crippen molar-refractivity contribution in [3.63, 3.8) is 0 Å². The molecule has 0 aromatic heterocycles. The van der Waals surface area contributed by atoms with Crippen molar-refractivity contribution in [2.75, 3.05) is 26.7 Å². The number of rotatable bonds is 9. The summed E-state index contributed by atoms with van der Waals surface area (Å²) in [5.41, 5.74) is -1.36. The Balaban J connectivity index is 1.37. The van der Waals surface area contributed by atoms with Crippen LogP contribution >= 0.6 is 0 Å². The van der Waals surface area contributed by atoms with Gasteiger partial charge in [0.05, 0.1) is 12.1 Å². The van der Waals surface area contributed by atoms with E-state index >= 15 is 0 Å². The molecule has 0 unspecified atom stereocenters. The van der Waals surface area contributed by atoms with Crippen LogP contribution in [0.4, 0.5) is 17.6 Å². The minimum Gasteiger partial charge on any atom is -0.352 e. The van der Waals surface area contributed by atoms with Gasteiger partial charge in [-0.15, -0.1) is 0 Å². The average molecular weight is 500 g/mol. The molecule has 0 spiro atoms. The standard InChI is InChI=1S/C26H37F4N3O2/c1-33(23-5-3-2-4-6-23)24(34)17-31-15-18-7-9-19(10-8-18)16-32-25(35)21-11-20(14-27)12-22(13-21)26(28,29)30/h11-13,18-19,23,31H,2-10,14-17H2,1H3,(H,32,35)/t18-,19-. The van der Waals surface area contributed by atoms with E-state index < -0.39 is 24.3 Å². The molecule has 0 radical (unpaired) electrons. The molecule has 2 amide bonds. The van der Waals surface area contributed by atoms with Gasteiger partial charge in [0.25, 0.3) is 5.91 Å². The molecular weight excluding hydrogens is 462 g/mol. The highest BCUT2D eigenvalue weighted by Gasteiger charge is 2.32. The van der Waals surface area contributed by atoms with E-state index in [1.807, 2.05) is 11.9 Å². The smallest absolute Gasteiger partial charge is 0.352 e. The predicted molar refractivity (Wildman–Crippen MR) is 127 cm³/mol. The van der Waals surface area contributed by atoms with E-state index in [4.69, 9.17) is 0 Å². The zero-order chi connectivity index (χ0) is 25.4. The van der Waals surface area contributed by atoms with E-state index in [9.17, 15) is 27.2 Å². The Morgan fingerprint density at radius 2 is 1.57 bits per heavy atom. The number of hydrogen-bond donors (Lipinski definition) is 2. The summed E-state index contributed by atoms with van der Waals surface area (Å²) in [5.74, 6) is 0.236. The molecule has 0 saturated heterocycles. The largest absolute Gasteiger partial charge is 0.416 e. The Morgan fingerprint density at radius 3 is 2.17 bits per heavy atom. The van der Waals surface area contributed by atoms with Gasteiger partial charge in [-0.05, 0) is 80.7 Å². The van der Waals surface area contributed by atoms with Gasteiger partial charge >= 0.3 is 6.18 Å². The maximum absolute atomic E-state index is 13.0. The van der Waals surface area contributed by atoms with Crippen molar-refractivity contribution in [1.29, 1.82) is 0 Å². The second-order valence-corrected chi connectivity index (χ2v) is 10.1. The minimum atomic E-state index is -4.64. The van der Waals surface area contributed by atoms with Crippen molar-refractivity contribution in [2.24, 2.45) is 11.8 Å². The van der Waals surface area contributed by atoms with Gasteiger partial charge in [0.1, 0.15) is 6.67 Å². The molecule has 9 heteroatoms. The fourth-order valence-corrected chi connectivity index (χ4v) is 5.22. The summed E-state index contributed by atoms with van der Waals surface area (Å²) in [6.45, 7) is 0.440. The zero-order valence-corrected chi connectivity index (χ0v) is 20.4. The third kappa shape index (κ3) is 8.19. The first-order chi connectivity index (χ1) is 16.7. The lowest BCUT2D eigenvalue weighted by molar-refractivity contribution is -0.137. The monoisotopic (exact) mass is 499 g/mol. The van der Waals surface area contributed by atoms with Crippen LogP contribution in [-0.2, 0) is 17.6 Å². The molecule has 5 nitrogen and oxygen atoms in total. The second-order valence-electron chi connectivity index (χ2n) is 10.1. The van der Waals surface area contributed by atoms with Gasteiger partial charge in [-0.1, -0.05) is 19.3 Å². The van der Waals surface area contributed by atoms with Gasteiger partial charge in [-0.25, -0.2) is 4.39 Å². The van der Waals surface area contributed by atoms with Crippen LogP contribution in [0.15, 0.2) is 18.2 Å². The first-order valence-corrected chi connectivity index (χ1v) is 12.7. The second kappa shape index (κ2) is 12.7. The highest BCUT2D eigenvalue weighted by molar-refractivity contribution is 5.94. The number of alkyl halides is 4. The van der Waals surface area contributed by atoms with Crippen molar-refractivity contribution in [3.8, 4) is 0 Å². The van der Waals surface area contributed by atoms with Crippen molar-refractivity contribution in [1.82, 2.24) is 15.5 Å². The molecule has 2 fully saturated rings. The van der Waals surface area contributed by atoms with E-state index in [2.05, 4.69) is 10.6 Å². The summed E-state index contributed by atoms with van der Waals surface area (Å²) < 4.78 is 52.1. The van der Waals surface area contributed by atoms with Crippen LogP contribution in [-0.4, -0.2) is 49.4 Å². The number of nitrogens with one attached hydrogen (secondary N) is 2. The molecule has 35 heavy (non-hydrogen) atoms. The average Bonchev–Trinajstić information content (AvgIpc) is 2.87. The summed E-state index contributed by atoms with van der Waals surface area (Å²) >= 11 is 0. The summed E-state index contributed by atoms with van der Waals surface area (Å²) in [5, 5.41) is 6.03. The van der Waals surface area contributed by atoms with E-state index in [-0.39, 0.29) is 23.0 Å². The highest BCUT2D eigenvalue weighted by Crippen LogP contribution is 2.31. The Labute approximate surface area is 205 Å². The van der Waals surface area contributed by atoms with Gasteiger partial charge in [0.2, 0.25) is 5.91 Å². The summed E-state index contributed by atoms with van der Waals surface area (Å²) in [6, 6.07) is 3.03. The molecule has 2 aliphatic carbocycles. The third-order valence-electron chi connectivity index (χ3n) is 7.48. The Morgan fingerprint density at radius 1 is 0.943 bits per heavy atom. The highest BCUT2D eigenvalue weighted by atomic mass is 19.4. The van der Waals surface area contributed by atoms with Crippen LogP contribution in [0.1, 0.15) is 79.3 Å². The van der Waals surface area contributed by atoms with Crippen LogP contribution in [0.5, 0.6) is 0 Å². The van der Waals surface area contributed by atoms with Crippen LogP contribution in [0, 0.1) is 11.8 Å². The van der Waals surface area contributed by atoms with Gasteiger partial charge in [0.15, 0.2) is 0 Å². The zero-order valence-electron chi connectivity index (χ0n) is 20.4. The normalized spacial score (nSPS) is 21.5. The maximum Gasteiger partial charge on any atom is 0.416 e. The minimum absolute atomic E-state index is 0.138. The predicted octanol–water partition coefficient (Wildman–Crippen LogP) is 5.09. The molecule has 1 aromatic rings. The number of nitrogens with zero attached hydrogens (tertiary/aromatic N) is 1. The number of carbonyl (C=O) groups excluding carboxylic acids is 2. The maximum atomic E-state index is 13.0. The Bertz CT molecular complexity index is 847. The number of halogens is 4. The first-order valence-electron chi connectivity index (χ1n) is 12.7. The van der Waals surface area contributed by atoms with Crippen molar-refractivity contribution in [3.05, 3.63) is 34.9 Å². The van der Waals surface area contributed by atoms with Gasteiger partial charge in [0, 0.05) is 25.2 Å². The summed E-state index contributed by atoms with van der Waals surface area (Å²) in [4.78, 5) is 26.8. The SMILES string of the molecule is CN(C(=O)CNC[C@H]1CC[C@H](CNC(=O)c2cc(CF)cc(C(F)(F)F)c2)CC1)C1CCCCC1. The number of likely N-dealkylation sites (N-methyl/N-ethyl adjacent to an activating group) is 1. The number of benzene rings is 1.